The number of carbonyl (C=O) groups excluding carboxylic acids is 1. The van der Waals surface area contributed by atoms with E-state index in [0.29, 0.717) is 30.2 Å². The van der Waals surface area contributed by atoms with E-state index >= 15 is 0 Å². The molecule has 1 amide bonds. The second-order valence-electron chi connectivity index (χ2n) is 6.29. The molecule has 4 aliphatic heterocycles. The van der Waals surface area contributed by atoms with Crippen LogP contribution in [-0.2, 0) is 4.79 Å². The summed E-state index contributed by atoms with van der Waals surface area (Å²) in [6.07, 6.45) is 9.39. The van der Waals surface area contributed by atoms with Crippen LogP contribution in [0.2, 0.25) is 0 Å². The first-order valence-corrected chi connectivity index (χ1v) is 7.09. The Morgan fingerprint density at radius 3 is 3.17 bits per heavy atom. The molecule has 3 bridgehead atoms. The molecule has 5 atom stereocenters. The molecule has 4 heterocycles. The zero-order chi connectivity index (χ0) is 12.3. The van der Waals surface area contributed by atoms with Gasteiger partial charge >= 0.3 is 0 Å². The predicted molar refractivity (Wildman–Crippen MR) is 70.0 cm³/mol. The Labute approximate surface area is 108 Å². The van der Waals surface area contributed by atoms with E-state index in [1.807, 2.05) is 6.08 Å². The van der Waals surface area contributed by atoms with Gasteiger partial charge in [0.15, 0.2) is 0 Å². The molecule has 0 aliphatic carbocycles. The van der Waals surface area contributed by atoms with Crippen LogP contribution in [0.1, 0.15) is 19.3 Å². The topological polar surface area (TPSA) is 23.6 Å². The molecule has 5 unspecified atom stereocenters. The average Bonchev–Trinajstić information content (AvgIpc) is 2.50. The van der Waals surface area contributed by atoms with E-state index in [4.69, 9.17) is 0 Å². The number of hydrogen-bond acceptors (Lipinski definition) is 2. The van der Waals surface area contributed by atoms with Crippen LogP contribution in [0, 0.1) is 11.8 Å². The first-order chi connectivity index (χ1) is 8.75. The fraction of sp³-hybridized carbons (Fsp3) is 0.667. The molecular weight excluding hydrogens is 224 g/mol. The van der Waals surface area contributed by atoms with Crippen molar-refractivity contribution in [2.75, 3.05) is 19.6 Å². The molecule has 4 aliphatic rings. The highest BCUT2D eigenvalue weighted by atomic mass is 16.2. The van der Waals surface area contributed by atoms with Crippen molar-refractivity contribution in [1.82, 2.24) is 9.80 Å². The van der Waals surface area contributed by atoms with Crippen molar-refractivity contribution in [3.05, 3.63) is 24.8 Å². The van der Waals surface area contributed by atoms with E-state index in [1.54, 1.807) is 0 Å². The predicted octanol–water partition coefficient (Wildman–Crippen LogP) is 1.42. The summed E-state index contributed by atoms with van der Waals surface area (Å²) in [7, 11) is 0. The van der Waals surface area contributed by atoms with E-state index in [-0.39, 0.29) is 5.54 Å². The number of hydrogen-bond donors (Lipinski definition) is 0. The summed E-state index contributed by atoms with van der Waals surface area (Å²) < 4.78 is 0. The summed E-state index contributed by atoms with van der Waals surface area (Å²) in [5.41, 5.74) is -0.00345. The highest BCUT2D eigenvalue weighted by Gasteiger charge is 2.62. The number of nitrogens with zero attached hydrogens (tertiary/aromatic N) is 2. The van der Waals surface area contributed by atoms with Crippen molar-refractivity contribution >= 4 is 5.91 Å². The Morgan fingerprint density at radius 2 is 2.33 bits per heavy atom. The lowest BCUT2D eigenvalue weighted by atomic mass is 9.70. The van der Waals surface area contributed by atoms with Gasteiger partial charge < -0.3 is 4.90 Å². The van der Waals surface area contributed by atoms with Crippen LogP contribution in [0.4, 0.5) is 0 Å². The fourth-order valence-electron chi connectivity index (χ4n) is 4.95. The highest BCUT2D eigenvalue weighted by Crippen LogP contribution is 2.53. The van der Waals surface area contributed by atoms with Gasteiger partial charge in [0.1, 0.15) is 0 Å². The van der Waals surface area contributed by atoms with Gasteiger partial charge in [0.25, 0.3) is 0 Å². The second-order valence-corrected chi connectivity index (χ2v) is 6.29. The lowest BCUT2D eigenvalue weighted by molar-refractivity contribution is -0.141. The molecule has 0 saturated carbocycles. The normalized spacial score (nSPS) is 48.4. The molecule has 0 aromatic heterocycles. The number of amides is 1. The molecule has 0 N–H and O–H groups in total. The molecule has 4 rings (SSSR count). The van der Waals surface area contributed by atoms with Gasteiger partial charge in [0, 0.05) is 38.0 Å². The van der Waals surface area contributed by atoms with Gasteiger partial charge in [-0.3, -0.25) is 9.69 Å². The molecule has 18 heavy (non-hydrogen) atoms. The van der Waals surface area contributed by atoms with E-state index in [2.05, 4.69) is 28.5 Å². The minimum atomic E-state index is -0.00345. The molecular formula is C15H20N2O. The number of fused-ring (bicyclic) bond motifs is 2. The van der Waals surface area contributed by atoms with E-state index < -0.39 is 0 Å². The van der Waals surface area contributed by atoms with Crippen molar-refractivity contribution < 1.29 is 4.79 Å². The molecule has 3 nitrogen and oxygen atoms in total. The maximum Gasteiger partial charge on any atom is 0.227 e. The SMILES string of the molecule is C=CCC1N2CC3CC(C2)C12C=CCC(=O)N2C3. The molecule has 3 saturated heterocycles. The highest BCUT2D eigenvalue weighted by molar-refractivity contribution is 5.81. The summed E-state index contributed by atoms with van der Waals surface area (Å²) in [6, 6.07) is 0.466. The molecule has 1 spiro atoms. The van der Waals surface area contributed by atoms with E-state index in [1.165, 1.54) is 19.5 Å². The Balaban J connectivity index is 1.87. The molecule has 0 aromatic carbocycles. The van der Waals surface area contributed by atoms with Crippen molar-refractivity contribution in [3.63, 3.8) is 0 Å². The van der Waals surface area contributed by atoms with Crippen molar-refractivity contribution in [2.24, 2.45) is 11.8 Å². The van der Waals surface area contributed by atoms with E-state index in [9.17, 15) is 4.79 Å². The first-order valence-electron chi connectivity index (χ1n) is 7.09. The van der Waals surface area contributed by atoms with Crippen molar-refractivity contribution in [2.45, 2.75) is 30.8 Å². The van der Waals surface area contributed by atoms with Crippen molar-refractivity contribution in [3.8, 4) is 0 Å². The zero-order valence-corrected chi connectivity index (χ0v) is 10.7. The minimum Gasteiger partial charge on any atom is -0.331 e. The summed E-state index contributed by atoms with van der Waals surface area (Å²) in [6.45, 7) is 7.24. The number of rotatable bonds is 2. The first kappa shape index (κ1) is 10.8. The number of piperidine rings is 2. The summed E-state index contributed by atoms with van der Waals surface area (Å²) >= 11 is 0. The monoisotopic (exact) mass is 244 g/mol. The quantitative estimate of drug-likeness (QED) is 0.686. The largest absolute Gasteiger partial charge is 0.331 e. The number of carbonyl (C=O) groups is 1. The lowest BCUT2D eigenvalue weighted by Gasteiger charge is -2.52. The van der Waals surface area contributed by atoms with Gasteiger partial charge in [-0.1, -0.05) is 18.2 Å². The third-order valence-corrected chi connectivity index (χ3v) is 5.47. The average molecular weight is 244 g/mol. The van der Waals surface area contributed by atoms with Crippen LogP contribution in [0.5, 0.6) is 0 Å². The van der Waals surface area contributed by atoms with Crippen LogP contribution in [-0.4, -0.2) is 46.9 Å². The Bertz CT molecular complexity index is 444. The smallest absolute Gasteiger partial charge is 0.227 e. The van der Waals surface area contributed by atoms with Crippen LogP contribution in [0.3, 0.4) is 0 Å². The third kappa shape index (κ3) is 1.11. The standard InChI is InChI=1S/C15H20N2O/c1-2-4-13-15-6-3-5-14(18)17(15)9-11-7-12(15)10-16(13)8-11/h2-3,6,11-13H,1,4-5,7-10H2. The van der Waals surface area contributed by atoms with Crippen LogP contribution in [0.25, 0.3) is 0 Å². The van der Waals surface area contributed by atoms with Gasteiger partial charge in [-0.05, 0) is 18.8 Å². The zero-order valence-electron chi connectivity index (χ0n) is 10.7. The molecule has 0 aromatic rings. The van der Waals surface area contributed by atoms with Crippen LogP contribution in [0.15, 0.2) is 24.8 Å². The third-order valence-electron chi connectivity index (χ3n) is 5.47. The fourth-order valence-corrected chi connectivity index (χ4v) is 4.95. The van der Waals surface area contributed by atoms with Crippen LogP contribution < -0.4 is 0 Å². The molecule has 3 heteroatoms. The summed E-state index contributed by atoms with van der Waals surface area (Å²) in [5, 5.41) is 0. The maximum absolute atomic E-state index is 12.3. The lowest BCUT2D eigenvalue weighted by Crippen LogP contribution is -2.63. The second kappa shape index (κ2) is 3.47. The van der Waals surface area contributed by atoms with Crippen LogP contribution >= 0.6 is 0 Å². The van der Waals surface area contributed by atoms with E-state index in [0.717, 1.165) is 13.0 Å². The molecule has 96 valence electrons. The van der Waals surface area contributed by atoms with Gasteiger partial charge in [-0.25, -0.2) is 0 Å². The van der Waals surface area contributed by atoms with Gasteiger partial charge in [0.05, 0.1) is 5.54 Å². The Kier molecular flexibility index (Phi) is 2.08. The Morgan fingerprint density at radius 1 is 1.44 bits per heavy atom. The summed E-state index contributed by atoms with van der Waals surface area (Å²) in [4.78, 5) is 17.1. The minimum absolute atomic E-state index is 0.00345. The molecule has 3 fully saturated rings. The Hall–Kier alpha value is -1.09. The summed E-state index contributed by atoms with van der Waals surface area (Å²) in [5.74, 6) is 1.68. The van der Waals surface area contributed by atoms with Gasteiger partial charge in [-0.2, -0.15) is 0 Å². The van der Waals surface area contributed by atoms with Crippen molar-refractivity contribution in [1.29, 1.82) is 0 Å². The van der Waals surface area contributed by atoms with Gasteiger partial charge in [0.2, 0.25) is 5.91 Å². The maximum atomic E-state index is 12.3. The van der Waals surface area contributed by atoms with Gasteiger partial charge in [-0.15, -0.1) is 6.58 Å². The molecule has 0 radical (unpaired) electrons.